The van der Waals surface area contributed by atoms with Crippen LogP contribution in [0, 0.1) is 0 Å². The van der Waals surface area contributed by atoms with Crippen LogP contribution in [-0.4, -0.2) is 26.3 Å². The molecule has 0 saturated heterocycles. The highest BCUT2D eigenvalue weighted by Gasteiger charge is 2.21. The van der Waals surface area contributed by atoms with Crippen LogP contribution < -0.4 is 10.5 Å². The monoisotopic (exact) mass is 347 g/mol. The van der Waals surface area contributed by atoms with Crippen molar-refractivity contribution in [3.05, 3.63) is 70.3 Å². The van der Waals surface area contributed by atoms with Crippen LogP contribution in [-0.2, 0) is 13.0 Å². The fourth-order valence-electron chi connectivity index (χ4n) is 3.23. The summed E-state index contributed by atoms with van der Waals surface area (Å²) >= 11 is 0. The Labute approximate surface area is 152 Å². The second kappa shape index (κ2) is 6.71. The van der Waals surface area contributed by atoms with Gasteiger partial charge in [-0.25, -0.2) is 14.6 Å². The quantitative estimate of drug-likeness (QED) is 0.729. The Morgan fingerprint density at radius 3 is 2.69 bits per heavy atom. The number of anilines is 1. The molecule has 0 fully saturated rings. The first kappa shape index (κ1) is 16.4. The van der Waals surface area contributed by atoms with Crippen LogP contribution in [0.2, 0.25) is 0 Å². The summed E-state index contributed by atoms with van der Waals surface area (Å²) in [5.74, 6) is 1.58. The Morgan fingerprint density at radius 2 is 1.92 bits per heavy atom. The third-order valence-electron chi connectivity index (χ3n) is 4.59. The van der Waals surface area contributed by atoms with E-state index in [0.29, 0.717) is 12.4 Å². The zero-order chi connectivity index (χ0) is 18.1. The second-order valence-corrected chi connectivity index (χ2v) is 6.77. The summed E-state index contributed by atoms with van der Waals surface area (Å²) in [7, 11) is 0. The van der Waals surface area contributed by atoms with Gasteiger partial charge in [0.15, 0.2) is 5.82 Å². The minimum absolute atomic E-state index is 0.0479. The van der Waals surface area contributed by atoms with Crippen molar-refractivity contribution in [1.29, 1.82) is 0 Å². The summed E-state index contributed by atoms with van der Waals surface area (Å²) in [6.45, 7) is 5.41. The van der Waals surface area contributed by atoms with Crippen molar-refractivity contribution in [3.8, 4) is 11.4 Å². The number of hydrogen-bond acceptors (Lipinski definition) is 5. The first-order chi connectivity index (χ1) is 12.6. The molecule has 0 N–H and O–H groups in total. The number of nitrogens with zero attached hydrogens (tertiary/aromatic N) is 5. The molecule has 1 aromatic carbocycles. The second-order valence-electron chi connectivity index (χ2n) is 6.77. The van der Waals surface area contributed by atoms with Crippen LogP contribution in [0.1, 0.15) is 31.1 Å². The highest BCUT2D eigenvalue weighted by atomic mass is 16.1. The molecule has 0 radical (unpaired) electrons. The summed E-state index contributed by atoms with van der Waals surface area (Å²) in [6, 6.07) is 13.6. The molecule has 0 saturated carbocycles. The third-order valence-corrected chi connectivity index (χ3v) is 4.59. The van der Waals surface area contributed by atoms with E-state index in [4.69, 9.17) is 4.98 Å². The highest BCUT2D eigenvalue weighted by molar-refractivity contribution is 5.57. The molecule has 6 heteroatoms. The fourth-order valence-corrected chi connectivity index (χ4v) is 3.23. The first-order valence-electron chi connectivity index (χ1n) is 8.87. The van der Waals surface area contributed by atoms with Gasteiger partial charge in [-0.3, -0.25) is 4.79 Å². The fraction of sp³-hybridized carbons (Fsp3) is 0.300. The van der Waals surface area contributed by atoms with E-state index in [9.17, 15) is 4.79 Å². The van der Waals surface area contributed by atoms with E-state index in [-0.39, 0.29) is 11.6 Å². The van der Waals surface area contributed by atoms with Crippen LogP contribution >= 0.6 is 0 Å². The van der Waals surface area contributed by atoms with Crippen molar-refractivity contribution in [2.45, 2.75) is 32.9 Å². The SMILES string of the molecule is CC(C)n1nc2c(cc1=O)CN(c1ccnc(-c3ccccc3)n1)CC2. The van der Waals surface area contributed by atoms with E-state index >= 15 is 0 Å². The maximum absolute atomic E-state index is 12.3. The number of fused-ring (bicyclic) bond motifs is 1. The van der Waals surface area contributed by atoms with Crippen molar-refractivity contribution in [2.75, 3.05) is 11.4 Å². The molecular formula is C20H21N5O. The molecule has 0 atom stereocenters. The van der Waals surface area contributed by atoms with Gasteiger partial charge in [-0.2, -0.15) is 5.10 Å². The molecule has 0 amide bonds. The van der Waals surface area contributed by atoms with Crippen LogP contribution in [0.3, 0.4) is 0 Å². The average Bonchev–Trinajstić information content (AvgIpc) is 2.67. The van der Waals surface area contributed by atoms with Crippen LogP contribution in [0.5, 0.6) is 0 Å². The van der Waals surface area contributed by atoms with Crippen molar-refractivity contribution >= 4 is 5.82 Å². The van der Waals surface area contributed by atoms with Gasteiger partial charge in [0.25, 0.3) is 5.56 Å². The van der Waals surface area contributed by atoms with Gasteiger partial charge < -0.3 is 4.90 Å². The maximum Gasteiger partial charge on any atom is 0.267 e. The molecule has 3 heterocycles. The van der Waals surface area contributed by atoms with E-state index < -0.39 is 0 Å². The maximum atomic E-state index is 12.3. The normalized spacial score (nSPS) is 13.7. The van der Waals surface area contributed by atoms with Crippen LogP contribution in [0.25, 0.3) is 11.4 Å². The van der Waals surface area contributed by atoms with Gasteiger partial charge in [0, 0.05) is 42.9 Å². The first-order valence-corrected chi connectivity index (χ1v) is 8.87. The molecule has 3 aromatic rings. The van der Waals surface area contributed by atoms with E-state index in [1.54, 1.807) is 16.9 Å². The minimum Gasteiger partial charge on any atom is -0.352 e. The summed E-state index contributed by atoms with van der Waals surface area (Å²) in [6.07, 6.45) is 2.59. The summed E-state index contributed by atoms with van der Waals surface area (Å²) in [4.78, 5) is 23.6. The van der Waals surface area contributed by atoms with Gasteiger partial charge in [0.05, 0.1) is 11.7 Å². The van der Waals surface area contributed by atoms with Gasteiger partial charge >= 0.3 is 0 Å². The Bertz CT molecular complexity index is 981. The highest BCUT2D eigenvalue weighted by Crippen LogP contribution is 2.23. The van der Waals surface area contributed by atoms with E-state index in [1.165, 1.54) is 0 Å². The Morgan fingerprint density at radius 1 is 1.12 bits per heavy atom. The van der Waals surface area contributed by atoms with Gasteiger partial charge in [-0.05, 0) is 19.9 Å². The number of benzene rings is 1. The molecule has 4 rings (SSSR count). The largest absolute Gasteiger partial charge is 0.352 e. The van der Waals surface area contributed by atoms with Gasteiger partial charge in [0.2, 0.25) is 0 Å². The predicted octanol–water partition coefficient (Wildman–Crippen LogP) is 2.84. The lowest BCUT2D eigenvalue weighted by molar-refractivity contribution is 0.484. The predicted molar refractivity (Wildman–Crippen MR) is 101 cm³/mol. The van der Waals surface area contributed by atoms with Crippen LogP contribution in [0.4, 0.5) is 5.82 Å². The molecular weight excluding hydrogens is 326 g/mol. The molecule has 2 aromatic heterocycles. The van der Waals surface area contributed by atoms with Gasteiger partial charge in [-0.15, -0.1) is 0 Å². The average molecular weight is 347 g/mol. The summed E-state index contributed by atoms with van der Waals surface area (Å²) in [5.41, 5.74) is 2.94. The van der Waals surface area contributed by atoms with Crippen molar-refractivity contribution < 1.29 is 0 Å². The van der Waals surface area contributed by atoms with Crippen molar-refractivity contribution in [3.63, 3.8) is 0 Å². The Kier molecular flexibility index (Phi) is 4.24. The molecule has 0 spiro atoms. The summed E-state index contributed by atoms with van der Waals surface area (Å²) < 4.78 is 1.56. The molecule has 1 aliphatic heterocycles. The zero-order valence-electron chi connectivity index (χ0n) is 15.0. The Hall–Kier alpha value is -3.02. The number of aromatic nitrogens is 4. The zero-order valence-corrected chi connectivity index (χ0v) is 15.0. The molecule has 132 valence electrons. The standard InChI is InChI=1S/C20H21N5O/c1-14(2)25-19(26)12-16-13-24(11-9-17(16)23-25)18-8-10-21-20(22-18)15-6-4-3-5-7-15/h3-8,10,12,14H,9,11,13H2,1-2H3. The number of hydrogen-bond donors (Lipinski definition) is 0. The molecule has 6 nitrogen and oxygen atoms in total. The molecule has 0 unspecified atom stereocenters. The third kappa shape index (κ3) is 3.10. The van der Waals surface area contributed by atoms with Gasteiger partial charge in [0.1, 0.15) is 5.82 Å². The lowest BCUT2D eigenvalue weighted by atomic mass is 10.1. The lowest BCUT2D eigenvalue weighted by Crippen LogP contribution is -2.35. The van der Waals surface area contributed by atoms with E-state index in [0.717, 1.165) is 35.6 Å². The lowest BCUT2D eigenvalue weighted by Gasteiger charge is -2.29. The van der Waals surface area contributed by atoms with Crippen molar-refractivity contribution in [2.24, 2.45) is 0 Å². The number of rotatable bonds is 3. The molecule has 26 heavy (non-hydrogen) atoms. The van der Waals surface area contributed by atoms with Crippen LogP contribution in [0.15, 0.2) is 53.5 Å². The smallest absolute Gasteiger partial charge is 0.267 e. The molecule has 1 aliphatic rings. The van der Waals surface area contributed by atoms with Gasteiger partial charge in [-0.1, -0.05) is 30.3 Å². The Balaban J connectivity index is 1.64. The molecule has 0 bridgehead atoms. The topological polar surface area (TPSA) is 63.9 Å². The minimum atomic E-state index is -0.0479. The summed E-state index contributed by atoms with van der Waals surface area (Å²) in [5, 5.41) is 4.55. The molecule has 0 aliphatic carbocycles. The van der Waals surface area contributed by atoms with Crippen molar-refractivity contribution in [1.82, 2.24) is 19.7 Å². The van der Waals surface area contributed by atoms with E-state index in [2.05, 4.69) is 15.0 Å². The van der Waals surface area contributed by atoms with E-state index in [1.807, 2.05) is 50.2 Å².